The van der Waals surface area contributed by atoms with Gasteiger partial charge in [-0.2, -0.15) is 0 Å². The van der Waals surface area contributed by atoms with E-state index in [4.69, 9.17) is 0 Å². The van der Waals surface area contributed by atoms with Crippen molar-refractivity contribution in [2.24, 2.45) is 0 Å². The van der Waals surface area contributed by atoms with Crippen LogP contribution in [0.5, 0.6) is 0 Å². The van der Waals surface area contributed by atoms with Crippen LogP contribution in [0.4, 0.5) is 0 Å². The normalized spacial score (nSPS) is 11.3. The van der Waals surface area contributed by atoms with E-state index in [0.717, 1.165) is 6.54 Å². The van der Waals surface area contributed by atoms with E-state index >= 15 is 0 Å². The Morgan fingerprint density at radius 3 is 2.39 bits per heavy atom. The molecule has 90 valence electrons. The fourth-order valence-electron chi connectivity index (χ4n) is 1.81. The molecule has 1 aromatic carbocycles. The number of pyridine rings is 1. The second-order valence-corrected chi connectivity index (χ2v) is 4.30. The molecule has 0 N–H and O–H groups in total. The highest BCUT2D eigenvalue weighted by molar-refractivity contribution is 5.73. The van der Waals surface area contributed by atoms with E-state index < -0.39 is 0 Å². The number of hydrogen-bond donors (Lipinski definition) is 0. The van der Waals surface area contributed by atoms with Gasteiger partial charge in [0.05, 0.1) is 0 Å². The second-order valence-electron chi connectivity index (χ2n) is 4.30. The molecule has 0 atom stereocenters. The van der Waals surface area contributed by atoms with Crippen molar-refractivity contribution in [3.8, 4) is 0 Å². The summed E-state index contributed by atoms with van der Waals surface area (Å²) < 4.78 is 2.15. The van der Waals surface area contributed by atoms with Crippen molar-refractivity contribution >= 4 is 5.57 Å². The van der Waals surface area contributed by atoms with E-state index in [1.165, 1.54) is 16.7 Å². The molecule has 1 aromatic heterocycles. The van der Waals surface area contributed by atoms with Crippen LogP contribution in [0.15, 0.2) is 73.6 Å². The van der Waals surface area contributed by atoms with E-state index in [1.54, 1.807) is 0 Å². The Morgan fingerprint density at radius 1 is 1.11 bits per heavy atom. The summed E-state index contributed by atoms with van der Waals surface area (Å²) in [5, 5.41) is 0. The maximum absolute atomic E-state index is 3.89. The molecule has 0 radical (unpaired) electrons. The molecule has 0 spiro atoms. The Balaban J connectivity index is 2.16. The average molecular weight is 236 g/mol. The minimum Gasteiger partial charge on any atom is -0.201 e. The van der Waals surface area contributed by atoms with Crippen molar-refractivity contribution in [1.29, 1.82) is 0 Å². The van der Waals surface area contributed by atoms with Gasteiger partial charge in [-0.05, 0) is 29.7 Å². The van der Waals surface area contributed by atoms with E-state index in [2.05, 4.69) is 60.8 Å². The summed E-state index contributed by atoms with van der Waals surface area (Å²) in [5.74, 6) is 0. The SMILES string of the molecule is C=C/C(=C\C[n+]1ccc(C)cc1)c1ccccc1. The van der Waals surface area contributed by atoms with Crippen LogP contribution in [0.3, 0.4) is 0 Å². The Hall–Kier alpha value is -2.15. The lowest BCUT2D eigenvalue weighted by Gasteiger charge is -2.01. The molecular weight excluding hydrogens is 218 g/mol. The standard InChI is InChI=1S/C17H18N/c1-3-16(17-7-5-4-6-8-17)11-14-18-12-9-15(2)10-13-18/h3-13H,1,14H2,2H3/q+1/b16-11+. The maximum Gasteiger partial charge on any atom is 0.169 e. The molecule has 1 heteroatoms. The molecule has 0 saturated heterocycles. The molecular formula is C17H18N+. The quantitative estimate of drug-likeness (QED) is 0.564. The molecule has 0 saturated carbocycles. The molecule has 2 aromatic rings. The number of aromatic nitrogens is 1. The van der Waals surface area contributed by atoms with Crippen LogP contribution in [0.1, 0.15) is 11.1 Å². The van der Waals surface area contributed by atoms with Gasteiger partial charge in [0.1, 0.15) is 0 Å². The van der Waals surface area contributed by atoms with Crippen LogP contribution in [0.25, 0.3) is 5.57 Å². The van der Waals surface area contributed by atoms with Crippen LogP contribution >= 0.6 is 0 Å². The lowest BCUT2D eigenvalue weighted by Crippen LogP contribution is -2.31. The smallest absolute Gasteiger partial charge is 0.169 e. The van der Waals surface area contributed by atoms with Crippen LogP contribution < -0.4 is 4.57 Å². The molecule has 0 amide bonds. The number of benzene rings is 1. The van der Waals surface area contributed by atoms with E-state index in [0.29, 0.717) is 0 Å². The predicted octanol–water partition coefficient (Wildman–Crippen LogP) is 3.55. The largest absolute Gasteiger partial charge is 0.201 e. The van der Waals surface area contributed by atoms with Gasteiger partial charge in [0.25, 0.3) is 0 Å². The zero-order valence-electron chi connectivity index (χ0n) is 10.7. The average Bonchev–Trinajstić information content (AvgIpc) is 2.43. The van der Waals surface area contributed by atoms with Crippen molar-refractivity contribution in [1.82, 2.24) is 0 Å². The summed E-state index contributed by atoms with van der Waals surface area (Å²) in [4.78, 5) is 0. The lowest BCUT2D eigenvalue weighted by atomic mass is 10.1. The summed E-state index contributed by atoms with van der Waals surface area (Å²) in [6.45, 7) is 6.84. The maximum atomic E-state index is 3.89. The number of hydrogen-bond acceptors (Lipinski definition) is 0. The Morgan fingerprint density at radius 2 is 1.78 bits per heavy atom. The first-order valence-electron chi connectivity index (χ1n) is 6.13. The highest BCUT2D eigenvalue weighted by atomic mass is 14.9. The topological polar surface area (TPSA) is 3.88 Å². The molecule has 18 heavy (non-hydrogen) atoms. The van der Waals surface area contributed by atoms with Crippen LogP contribution in [0, 0.1) is 6.92 Å². The predicted molar refractivity (Wildman–Crippen MR) is 76.0 cm³/mol. The zero-order valence-corrected chi connectivity index (χ0v) is 10.7. The molecule has 2 rings (SSSR count). The van der Waals surface area contributed by atoms with Gasteiger partial charge in [-0.25, -0.2) is 4.57 Å². The Bertz CT molecular complexity index is 536. The third-order valence-corrected chi connectivity index (χ3v) is 2.91. The third kappa shape index (κ3) is 3.17. The molecule has 0 aliphatic rings. The van der Waals surface area contributed by atoms with Crippen molar-refractivity contribution < 1.29 is 4.57 Å². The third-order valence-electron chi connectivity index (χ3n) is 2.91. The molecule has 0 bridgehead atoms. The zero-order chi connectivity index (χ0) is 12.8. The van der Waals surface area contributed by atoms with Crippen molar-refractivity contribution in [3.05, 3.63) is 84.7 Å². The number of aryl methyl sites for hydroxylation is 1. The summed E-state index contributed by atoms with van der Waals surface area (Å²) >= 11 is 0. The van der Waals surface area contributed by atoms with E-state index in [1.807, 2.05) is 24.3 Å². The summed E-state index contributed by atoms with van der Waals surface area (Å²) in [5.41, 5.74) is 3.66. The highest BCUT2D eigenvalue weighted by Gasteiger charge is 1.99. The van der Waals surface area contributed by atoms with Crippen molar-refractivity contribution in [2.75, 3.05) is 0 Å². The fourth-order valence-corrected chi connectivity index (χ4v) is 1.81. The van der Waals surface area contributed by atoms with Gasteiger partial charge in [0, 0.05) is 12.1 Å². The van der Waals surface area contributed by atoms with E-state index in [-0.39, 0.29) is 0 Å². The first-order valence-corrected chi connectivity index (χ1v) is 6.13. The number of allylic oxidation sites excluding steroid dienone is 3. The molecule has 1 nitrogen and oxygen atoms in total. The lowest BCUT2D eigenvalue weighted by molar-refractivity contribution is -0.687. The Kier molecular flexibility index (Phi) is 4.08. The minimum atomic E-state index is 0.858. The van der Waals surface area contributed by atoms with Gasteiger partial charge in [0.2, 0.25) is 0 Å². The van der Waals surface area contributed by atoms with Gasteiger partial charge in [-0.15, -0.1) is 0 Å². The van der Waals surface area contributed by atoms with Crippen molar-refractivity contribution in [3.63, 3.8) is 0 Å². The molecule has 0 unspecified atom stereocenters. The van der Waals surface area contributed by atoms with Gasteiger partial charge in [-0.3, -0.25) is 0 Å². The molecule has 1 heterocycles. The Labute approximate surface area is 109 Å². The molecule has 0 aliphatic heterocycles. The van der Waals surface area contributed by atoms with Crippen LogP contribution in [-0.4, -0.2) is 0 Å². The van der Waals surface area contributed by atoms with Crippen molar-refractivity contribution in [2.45, 2.75) is 13.5 Å². The summed E-state index contributed by atoms with van der Waals surface area (Å²) in [6, 6.07) is 14.6. The van der Waals surface area contributed by atoms with E-state index in [9.17, 15) is 0 Å². The van der Waals surface area contributed by atoms with Gasteiger partial charge < -0.3 is 0 Å². The van der Waals surface area contributed by atoms with Crippen LogP contribution in [0.2, 0.25) is 0 Å². The minimum absolute atomic E-state index is 0.858. The van der Waals surface area contributed by atoms with Gasteiger partial charge in [0.15, 0.2) is 18.9 Å². The molecule has 0 aliphatic carbocycles. The first-order chi connectivity index (χ1) is 8.79. The van der Waals surface area contributed by atoms with Crippen LogP contribution in [-0.2, 0) is 6.54 Å². The van der Waals surface area contributed by atoms with Gasteiger partial charge in [-0.1, -0.05) is 43.0 Å². The number of nitrogens with zero attached hydrogens (tertiary/aromatic N) is 1. The second kappa shape index (κ2) is 5.97. The highest BCUT2D eigenvalue weighted by Crippen LogP contribution is 2.14. The monoisotopic (exact) mass is 236 g/mol. The first kappa shape index (κ1) is 12.3. The van der Waals surface area contributed by atoms with Gasteiger partial charge >= 0.3 is 0 Å². The number of rotatable bonds is 4. The molecule has 0 fully saturated rings. The summed E-state index contributed by atoms with van der Waals surface area (Å²) in [7, 11) is 0. The fraction of sp³-hybridized carbons (Fsp3) is 0.118. The summed E-state index contributed by atoms with van der Waals surface area (Å²) in [6.07, 6.45) is 8.29.